The Morgan fingerprint density at radius 2 is 1.58 bits per heavy atom. The molecular weight excluding hydrogens is 414 g/mol. The fourth-order valence-corrected chi connectivity index (χ4v) is 5.04. The lowest BCUT2D eigenvalue weighted by atomic mass is 9.87. The highest BCUT2D eigenvalue weighted by Crippen LogP contribution is 2.36. The molecule has 0 spiro atoms. The van der Waals surface area contributed by atoms with E-state index in [4.69, 9.17) is 4.74 Å². The standard InChI is InChI=1S/C27H35N3O3/c1-19(2)26(31)30-17-22(21-11-9-20(3)10-12-21)23(18-30)27(32)29-15-13-28(14-16-29)24-7-5-6-8-25(24)33-4/h5-12,19,22-23H,13-18H2,1-4H3/t22-,23+/m1/s1. The van der Waals surface area contributed by atoms with E-state index < -0.39 is 0 Å². The van der Waals surface area contributed by atoms with Crippen LogP contribution in [0, 0.1) is 18.8 Å². The SMILES string of the molecule is COc1ccccc1N1CCN(C(=O)[C@H]2CN(C(=O)C(C)C)C[C@@H]2c2ccc(C)cc2)CC1. The van der Waals surface area contributed by atoms with Crippen LogP contribution in [0.5, 0.6) is 5.75 Å². The van der Waals surface area contributed by atoms with Gasteiger partial charge in [0.05, 0.1) is 18.7 Å². The van der Waals surface area contributed by atoms with Crippen molar-refractivity contribution in [3.8, 4) is 5.75 Å². The topological polar surface area (TPSA) is 53.1 Å². The normalized spacial score (nSPS) is 20.9. The van der Waals surface area contributed by atoms with Gasteiger partial charge in [0.15, 0.2) is 0 Å². The lowest BCUT2D eigenvalue weighted by Crippen LogP contribution is -2.51. The van der Waals surface area contributed by atoms with Crippen molar-refractivity contribution in [2.45, 2.75) is 26.7 Å². The zero-order valence-corrected chi connectivity index (χ0v) is 20.2. The van der Waals surface area contributed by atoms with Crippen molar-refractivity contribution in [3.63, 3.8) is 0 Å². The zero-order chi connectivity index (χ0) is 23.5. The van der Waals surface area contributed by atoms with Crippen LogP contribution >= 0.6 is 0 Å². The number of hydrogen-bond donors (Lipinski definition) is 0. The van der Waals surface area contributed by atoms with E-state index in [1.54, 1.807) is 7.11 Å². The maximum absolute atomic E-state index is 13.7. The van der Waals surface area contributed by atoms with Gasteiger partial charge in [-0.3, -0.25) is 9.59 Å². The molecule has 2 aromatic rings. The van der Waals surface area contributed by atoms with Crippen LogP contribution < -0.4 is 9.64 Å². The van der Waals surface area contributed by atoms with Crippen molar-refractivity contribution >= 4 is 17.5 Å². The number of anilines is 1. The molecule has 0 aromatic heterocycles. The fraction of sp³-hybridized carbons (Fsp3) is 0.481. The number of rotatable bonds is 5. The van der Waals surface area contributed by atoms with Crippen molar-refractivity contribution in [2.75, 3.05) is 51.3 Å². The second kappa shape index (κ2) is 9.86. The van der Waals surface area contributed by atoms with Gasteiger partial charge in [0.1, 0.15) is 5.75 Å². The quantitative estimate of drug-likeness (QED) is 0.701. The van der Waals surface area contributed by atoms with Gasteiger partial charge >= 0.3 is 0 Å². The first-order valence-corrected chi connectivity index (χ1v) is 11.9. The van der Waals surface area contributed by atoms with Gasteiger partial charge in [-0.1, -0.05) is 55.8 Å². The van der Waals surface area contributed by atoms with Gasteiger partial charge < -0.3 is 19.4 Å². The number of methoxy groups -OCH3 is 1. The van der Waals surface area contributed by atoms with Crippen molar-refractivity contribution in [2.24, 2.45) is 11.8 Å². The summed E-state index contributed by atoms with van der Waals surface area (Å²) in [4.78, 5) is 32.6. The molecule has 0 radical (unpaired) electrons. The third-order valence-corrected chi connectivity index (χ3v) is 6.97. The third kappa shape index (κ3) is 4.85. The molecule has 0 saturated carbocycles. The minimum Gasteiger partial charge on any atom is -0.495 e. The molecule has 176 valence electrons. The van der Waals surface area contributed by atoms with E-state index in [9.17, 15) is 9.59 Å². The van der Waals surface area contributed by atoms with E-state index in [0.717, 1.165) is 30.1 Å². The van der Waals surface area contributed by atoms with Gasteiger partial charge in [0.2, 0.25) is 11.8 Å². The summed E-state index contributed by atoms with van der Waals surface area (Å²) in [5.74, 6) is 0.918. The molecule has 2 aliphatic heterocycles. The van der Waals surface area contributed by atoms with Crippen LogP contribution in [0.1, 0.15) is 30.9 Å². The summed E-state index contributed by atoms with van der Waals surface area (Å²) in [6.07, 6.45) is 0. The Kier molecular flexibility index (Phi) is 6.91. The smallest absolute Gasteiger partial charge is 0.228 e. The lowest BCUT2D eigenvalue weighted by molar-refractivity contribution is -0.136. The van der Waals surface area contributed by atoms with Gasteiger partial charge in [0, 0.05) is 51.1 Å². The van der Waals surface area contributed by atoms with E-state index in [2.05, 4.69) is 42.2 Å². The number of amides is 2. The molecule has 0 N–H and O–H groups in total. The van der Waals surface area contributed by atoms with Crippen LogP contribution in [-0.2, 0) is 9.59 Å². The minimum atomic E-state index is -0.201. The lowest BCUT2D eigenvalue weighted by Gasteiger charge is -2.38. The maximum atomic E-state index is 13.7. The molecule has 2 amide bonds. The number of carbonyl (C=O) groups is 2. The Balaban J connectivity index is 1.49. The average molecular weight is 450 g/mol. The zero-order valence-electron chi connectivity index (χ0n) is 20.2. The van der Waals surface area contributed by atoms with Crippen molar-refractivity contribution in [1.82, 2.24) is 9.80 Å². The van der Waals surface area contributed by atoms with Crippen molar-refractivity contribution < 1.29 is 14.3 Å². The Hall–Kier alpha value is -3.02. The number of carbonyl (C=O) groups excluding carboxylic acids is 2. The first-order valence-electron chi connectivity index (χ1n) is 11.9. The highest BCUT2D eigenvalue weighted by Gasteiger charge is 2.42. The van der Waals surface area contributed by atoms with Crippen LogP contribution in [0.3, 0.4) is 0 Å². The number of hydrogen-bond acceptors (Lipinski definition) is 4. The number of likely N-dealkylation sites (tertiary alicyclic amines) is 1. The van der Waals surface area contributed by atoms with Crippen LogP contribution in [0.2, 0.25) is 0 Å². The molecule has 2 saturated heterocycles. The molecule has 6 heteroatoms. The van der Waals surface area contributed by atoms with E-state index in [1.807, 2.05) is 41.8 Å². The first-order chi connectivity index (χ1) is 15.9. The fourth-order valence-electron chi connectivity index (χ4n) is 5.04. The van der Waals surface area contributed by atoms with Gasteiger partial charge in [-0.05, 0) is 24.6 Å². The second-order valence-electron chi connectivity index (χ2n) is 9.51. The highest BCUT2D eigenvalue weighted by atomic mass is 16.5. The number of nitrogens with zero attached hydrogens (tertiary/aromatic N) is 3. The molecule has 2 fully saturated rings. The van der Waals surface area contributed by atoms with Gasteiger partial charge in [0.25, 0.3) is 0 Å². The van der Waals surface area contributed by atoms with Crippen molar-refractivity contribution in [3.05, 3.63) is 59.7 Å². The predicted molar refractivity (Wildman–Crippen MR) is 131 cm³/mol. The molecule has 6 nitrogen and oxygen atoms in total. The van der Waals surface area contributed by atoms with Gasteiger partial charge in [-0.15, -0.1) is 0 Å². The summed E-state index contributed by atoms with van der Waals surface area (Å²) in [6.45, 7) is 9.91. The molecule has 2 atom stereocenters. The molecule has 4 rings (SSSR count). The molecule has 2 heterocycles. The summed E-state index contributed by atoms with van der Waals surface area (Å²) in [5, 5.41) is 0. The number of ether oxygens (including phenoxy) is 1. The summed E-state index contributed by atoms with van der Waals surface area (Å²) in [6, 6.07) is 16.4. The Morgan fingerprint density at radius 3 is 2.21 bits per heavy atom. The van der Waals surface area contributed by atoms with Crippen LogP contribution in [-0.4, -0.2) is 68.0 Å². The Morgan fingerprint density at radius 1 is 0.909 bits per heavy atom. The van der Waals surface area contributed by atoms with Crippen LogP contribution in [0.25, 0.3) is 0 Å². The van der Waals surface area contributed by atoms with Crippen LogP contribution in [0.15, 0.2) is 48.5 Å². The summed E-state index contributed by atoms with van der Waals surface area (Å²) in [7, 11) is 1.69. The Bertz CT molecular complexity index is 980. The van der Waals surface area contributed by atoms with E-state index in [1.165, 1.54) is 5.56 Å². The number of benzene rings is 2. The third-order valence-electron chi connectivity index (χ3n) is 6.97. The summed E-state index contributed by atoms with van der Waals surface area (Å²) in [5.41, 5.74) is 3.41. The van der Waals surface area contributed by atoms with Crippen molar-refractivity contribution in [1.29, 1.82) is 0 Å². The predicted octanol–water partition coefficient (Wildman–Crippen LogP) is 3.55. The highest BCUT2D eigenvalue weighted by molar-refractivity contribution is 5.84. The summed E-state index contributed by atoms with van der Waals surface area (Å²) >= 11 is 0. The molecule has 0 unspecified atom stereocenters. The number of piperazine rings is 1. The number of para-hydroxylation sites is 2. The molecule has 33 heavy (non-hydrogen) atoms. The summed E-state index contributed by atoms with van der Waals surface area (Å²) < 4.78 is 5.52. The molecule has 2 aromatic carbocycles. The van der Waals surface area contributed by atoms with E-state index in [-0.39, 0.29) is 29.6 Å². The van der Waals surface area contributed by atoms with Gasteiger partial charge in [-0.25, -0.2) is 0 Å². The number of aryl methyl sites for hydroxylation is 1. The molecule has 0 bridgehead atoms. The van der Waals surface area contributed by atoms with E-state index >= 15 is 0 Å². The maximum Gasteiger partial charge on any atom is 0.228 e. The van der Waals surface area contributed by atoms with Gasteiger partial charge in [-0.2, -0.15) is 0 Å². The Labute approximate surface area is 197 Å². The molecule has 2 aliphatic rings. The average Bonchev–Trinajstić information content (AvgIpc) is 3.29. The molecule has 0 aliphatic carbocycles. The van der Waals surface area contributed by atoms with E-state index in [0.29, 0.717) is 26.2 Å². The first kappa shape index (κ1) is 23.1. The monoisotopic (exact) mass is 449 g/mol. The second-order valence-corrected chi connectivity index (χ2v) is 9.51. The minimum absolute atomic E-state index is 0.0352. The largest absolute Gasteiger partial charge is 0.495 e. The van der Waals surface area contributed by atoms with Crippen LogP contribution in [0.4, 0.5) is 5.69 Å². The molecular formula is C27H35N3O3.